The second-order valence-corrected chi connectivity index (χ2v) is 10.2. The molecule has 178 valence electrons. The number of carbonyl (C=O) groups is 2. The van der Waals surface area contributed by atoms with Crippen molar-refractivity contribution in [2.24, 2.45) is 5.41 Å². The molecule has 2 aliphatic heterocycles. The molecular weight excluding hydrogens is 426 g/mol. The second-order valence-electron chi connectivity index (χ2n) is 10.2. The van der Waals surface area contributed by atoms with E-state index in [2.05, 4.69) is 31.4 Å². The lowest BCUT2D eigenvalue weighted by Gasteiger charge is -2.37. The molecule has 4 atom stereocenters. The van der Waals surface area contributed by atoms with Crippen molar-refractivity contribution in [3.05, 3.63) is 64.5 Å². The Morgan fingerprint density at radius 2 is 1.76 bits per heavy atom. The normalized spacial score (nSPS) is 25.9. The molecule has 0 saturated carbocycles. The molecule has 2 aromatic carbocycles. The van der Waals surface area contributed by atoms with E-state index in [4.69, 9.17) is 0 Å². The van der Waals surface area contributed by atoms with E-state index in [1.807, 2.05) is 25.1 Å². The van der Waals surface area contributed by atoms with Crippen LogP contribution in [0.25, 0.3) is 0 Å². The van der Waals surface area contributed by atoms with Crippen LogP contribution in [0.4, 0.5) is 14.5 Å². The van der Waals surface area contributed by atoms with Crippen LogP contribution in [-0.2, 0) is 15.0 Å². The van der Waals surface area contributed by atoms with Crippen molar-refractivity contribution >= 4 is 17.6 Å². The molecule has 1 amide bonds. The lowest BCUT2D eigenvalue weighted by atomic mass is 9.62. The van der Waals surface area contributed by atoms with Crippen LogP contribution in [0.3, 0.4) is 0 Å². The lowest BCUT2D eigenvalue weighted by molar-refractivity contribution is -0.139. The van der Waals surface area contributed by atoms with E-state index in [0.29, 0.717) is 30.4 Å². The average molecular weight is 459 g/mol. The fraction of sp³-hybridized carbons (Fsp3) is 0.462. The summed E-state index contributed by atoms with van der Waals surface area (Å²) in [6.45, 7) is 9.93. The number of aliphatic carboxylic acids is 1. The van der Waals surface area contributed by atoms with Gasteiger partial charge in [-0.15, -0.1) is 0 Å². The molecule has 0 radical (unpaired) electrons. The lowest BCUT2D eigenvalue weighted by Crippen LogP contribution is -2.49. The first-order chi connectivity index (χ1) is 15.4. The van der Waals surface area contributed by atoms with Crippen molar-refractivity contribution < 1.29 is 23.5 Å². The first-order valence-electron chi connectivity index (χ1n) is 11.0. The minimum Gasteiger partial charge on any atom is -0.480 e. The zero-order valence-electron chi connectivity index (χ0n) is 19.9. The standard InChI is InChI=1S/C25H29FN2O3.CH3F/c1-13-6-7-17-18(10-13)27-23(31)25(17)19(12-24(3,4)5)28-21(22(29)30)20(25)15-8-14(2)9-16(26)11-15;1-2/h6-11,19-21,28H,12H2,1-5H3,(H,27,31)(H,29,30);1H3/t19?,20?,21-,25-;/m1./s1. The first kappa shape index (κ1) is 24.8. The third-order valence-electron chi connectivity index (χ3n) is 6.51. The maximum Gasteiger partial charge on any atom is 0.321 e. The molecular formula is C26H32F2N2O3. The van der Waals surface area contributed by atoms with E-state index < -0.39 is 35.2 Å². The molecule has 1 spiro atoms. The van der Waals surface area contributed by atoms with Crippen molar-refractivity contribution in [1.29, 1.82) is 0 Å². The quantitative estimate of drug-likeness (QED) is 0.614. The van der Waals surface area contributed by atoms with Crippen LogP contribution in [0, 0.1) is 25.1 Å². The summed E-state index contributed by atoms with van der Waals surface area (Å²) in [4.78, 5) is 26.1. The van der Waals surface area contributed by atoms with E-state index in [1.54, 1.807) is 13.0 Å². The van der Waals surface area contributed by atoms with Crippen LogP contribution in [0.5, 0.6) is 0 Å². The van der Waals surface area contributed by atoms with Crippen LogP contribution < -0.4 is 10.6 Å². The van der Waals surface area contributed by atoms with Gasteiger partial charge in [0, 0.05) is 17.6 Å². The number of carboxylic acid groups (broad SMARTS) is 1. The number of alkyl halides is 1. The van der Waals surface area contributed by atoms with E-state index in [0.717, 1.165) is 11.1 Å². The molecule has 0 bridgehead atoms. The fourth-order valence-electron chi connectivity index (χ4n) is 5.49. The molecule has 5 nitrogen and oxygen atoms in total. The number of carboxylic acids is 1. The van der Waals surface area contributed by atoms with E-state index in [-0.39, 0.29) is 11.3 Å². The van der Waals surface area contributed by atoms with E-state index >= 15 is 0 Å². The third kappa shape index (κ3) is 4.26. The predicted molar refractivity (Wildman–Crippen MR) is 125 cm³/mol. The number of hydrogen-bond acceptors (Lipinski definition) is 3. The van der Waals surface area contributed by atoms with Gasteiger partial charge in [-0.25, -0.2) is 4.39 Å². The summed E-state index contributed by atoms with van der Waals surface area (Å²) in [7, 11) is 0.500. The monoisotopic (exact) mass is 458 g/mol. The molecule has 2 aliphatic rings. The maximum absolute atomic E-state index is 14.4. The number of benzene rings is 2. The van der Waals surface area contributed by atoms with Crippen LogP contribution in [-0.4, -0.2) is 36.2 Å². The van der Waals surface area contributed by atoms with Gasteiger partial charge in [-0.2, -0.15) is 0 Å². The van der Waals surface area contributed by atoms with Gasteiger partial charge < -0.3 is 10.4 Å². The van der Waals surface area contributed by atoms with Gasteiger partial charge in [0.25, 0.3) is 0 Å². The fourth-order valence-corrected chi connectivity index (χ4v) is 5.49. The Labute approximate surface area is 193 Å². The van der Waals surface area contributed by atoms with Crippen molar-refractivity contribution in [2.45, 2.75) is 64.5 Å². The molecule has 1 saturated heterocycles. The summed E-state index contributed by atoms with van der Waals surface area (Å²) in [5, 5.41) is 16.4. The molecule has 1 fully saturated rings. The third-order valence-corrected chi connectivity index (χ3v) is 6.51. The van der Waals surface area contributed by atoms with Gasteiger partial charge in [0.05, 0.1) is 7.18 Å². The summed E-state index contributed by atoms with van der Waals surface area (Å²) in [5.41, 5.74) is 2.39. The van der Waals surface area contributed by atoms with Gasteiger partial charge in [0.1, 0.15) is 17.3 Å². The number of fused-ring (bicyclic) bond motifs is 2. The van der Waals surface area contributed by atoms with Crippen molar-refractivity contribution in [2.75, 3.05) is 12.5 Å². The number of carbonyl (C=O) groups excluding carboxylic acids is 1. The van der Waals surface area contributed by atoms with Gasteiger partial charge >= 0.3 is 5.97 Å². The highest BCUT2D eigenvalue weighted by atomic mass is 19.1. The first-order valence-corrected chi connectivity index (χ1v) is 11.0. The minimum atomic E-state index is -1.15. The van der Waals surface area contributed by atoms with Gasteiger partial charge in [0.2, 0.25) is 5.91 Å². The SMILES string of the molecule is CF.Cc1cc(F)cc(C2[C@H](C(=O)O)NC(CC(C)(C)C)[C@@]23C(=O)Nc2cc(C)ccc23)c1. The minimum absolute atomic E-state index is 0.159. The Morgan fingerprint density at radius 1 is 1.09 bits per heavy atom. The predicted octanol–water partition coefficient (Wildman–Crippen LogP) is 4.86. The Morgan fingerprint density at radius 3 is 2.33 bits per heavy atom. The summed E-state index contributed by atoms with van der Waals surface area (Å²) in [5.74, 6) is -2.46. The summed E-state index contributed by atoms with van der Waals surface area (Å²) in [6.07, 6.45) is 0.586. The number of nitrogens with one attached hydrogen (secondary N) is 2. The Kier molecular flexibility index (Phi) is 6.67. The second kappa shape index (κ2) is 8.86. The van der Waals surface area contributed by atoms with Crippen LogP contribution >= 0.6 is 0 Å². The zero-order valence-corrected chi connectivity index (χ0v) is 19.9. The Bertz CT molecular complexity index is 1060. The molecule has 2 heterocycles. The Hall–Kier alpha value is -2.80. The van der Waals surface area contributed by atoms with Gasteiger partial charge in [0.15, 0.2) is 0 Å². The zero-order chi connectivity index (χ0) is 24.7. The topological polar surface area (TPSA) is 78.4 Å². The summed E-state index contributed by atoms with van der Waals surface area (Å²) >= 11 is 0. The van der Waals surface area contributed by atoms with Gasteiger partial charge in [-0.05, 0) is 66.1 Å². The number of aryl methyl sites for hydroxylation is 2. The number of anilines is 1. The summed E-state index contributed by atoms with van der Waals surface area (Å²) < 4.78 is 23.9. The Balaban J connectivity index is 0.00000149. The number of amides is 1. The van der Waals surface area contributed by atoms with Gasteiger partial charge in [-0.1, -0.05) is 39.0 Å². The molecule has 0 aromatic heterocycles. The molecule has 3 N–H and O–H groups in total. The molecule has 7 heteroatoms. The van der Waals surface area contributed by atoms with Crippen LogP contribution in [0.15, 0.2) is 36.4 Å². The van der Waals surface area contributed by atoms with E-state index in [9.17, 15) is 23.5 Å². The highest BCUT2D eigenvalue weighted by Gasteiger charge is 2.65. The molecule has 33 heavy (non-hydrogen) atoms. The molecule has 2 unspecified atom stereocenters. The smallest absolute Gasteiger partial charge is 0.321 e. The van der Waals surface area contributed by atoms with Crippen LogP contribution in [0.1, 0.15) is 55.4 Å². The highest BCUT2D eigenvalue weighted by Crippen LogP contribution is 2.56. The molecule has 2 aromatic rings. The van der Waals surface area contributed by atoms with E-state index in [1.165, 1.54) is 12.1 Å². The number of hydrogen-bond donors (Lipinski definition) is 3. The maximum atomic E-state index is 14.4. The molecule has 4 rings (SSSR count). The average Bonchev–Trinajstić information content (AvgIpc) is 3.17. The number of rotatable bonds is 3. The van der Waals surface area contributed by atoms with Crippen LogP contribution in [0.2, 0.25) is 0 Å². The van der Waals surface area contributed by atoms with Gasteiger partial charge in [-0.3, -0.25) is 19.3 Å². The van der Waals surface area contributed by atoms with Crippen molar-refractivity contribution in [3.63, 3.8) is 0 Å². The molecule has 0 aliphatic carbocycles. The van der Waals surface area contributed by atoms with Crippen molar-refractivity contribution in [1.82, 2.24) is 5.32 Å². The highest BCUT2D eigenvalue weighted by molar-refractivity contribution is 6.09. The summed E-state index contributed by atoms with van der Waals surface area (Å²) in [6, 6.07) is 8.91. The number of halogens is 2. The van der Waals surface area contributed by atoms with Crippen molar-refractivity contribution in [3.8, 4) is 0 Å². The largest absolute Gasteiger partial charge is 0.480 e.